The molecule has 3 nitrogen and oxygen atoms in total. The molecule has 0 unspecified atom stereocenters. The van der Waals surface area contributed by atoms with Crippen LogP contribution in [0.5, 0.6) is 0 Å². The lowest BCUT2D eigenvalue weighted by Gasteiger charge is -2.16. The Morgan fingerprint density at radius 1 is 1.40 bits per heavy atom. The van der Waals surface area contributed by atoms with Gasteiger partial charge in [0.2, 0.25) is 0 Å². The standard InChI is InChI=1S/C12H19NO2/c1-4-6-10(5-2)11-7-9(3)8-12(14)13(11)15/h7-8,10,15H,4-6H2,1-3H3/t10-/m0/s1. The van der Waals surface area contributed by atoms with Gasteiger partial charge in [0.15, 0.2) is 0 Å². The first-order valence-corrected chi connectivity index (χ1v) is 5.53. The maximum absolute atomic E-state index is 11.4. The Kier molecular flexibility index (Phi) is 3.95. The summed E-state index contributed by atoms with van der Waals surface area (Å²) >= 11 is 0. The van der Waals surface area contributed by atoms with Crippen molar-refractivity contribution < 1.29 is 5.21 Å². The summed E-state index contributed by atoms with van der Waals surface area (Å²) in [6, 6.07) is 3.34. The van der Waals surface area contributed by atoms with Crippen molar-refractivity contribution in [1.82, 2.24) is 4.73 Å². The van der Waals surface area contributed by atoms with Gasteiger partial charge in [0.1, 0.15) is 0 Å². The third-order valence-electron chi connectivity index (χ3n) is 2.73. The highest BCUT2D eigenvalue weighted by molar-refractivity contribution is 5.18. The van der Waals surface area contributed by atoms with E-state index in [0.717, 1.165) is 35.3 Å². The Labute approximate surface area is 90.3 Å². The van der Waals surface area contributed by atoms with Gasteiger partial charge in [-0.2, -0.15) is 4.73 Å². The predicted molar refractivity (Wildman–Crippen MR) is 60.6 cm³/mol. The molecule has 0 fully saturated rings. The second-order valence-electron chi connectivity index (χ2n) is 4.00. The first-order valence-electron chi connectivity index (χ1n) is 5.53. The fourth-order valence-electron chi connectivity index (χ4n) is 1.92. The second-order valence-corrected chi connectivity index (χ2v) is 4.00. The highest BCUT2D eigenvalue weighted by atomic mass is 16.5. The van der Waals surface area contributed by atoms with Crippen LogP contribution in [0, 0.1) is 6.92 Å². The number of hydrogen-bond donors (Lipinski definition) is 1. The van der Waals surface area contributed by atoms with Crippen molar-refractivity contribution in [3.8, 4) is 0 Å². The highest BCUT2D eigenvalue weighted by Gasteiger charge is 2.14. The first kappa shape index (κ1) is 11.8. The summed E-state index contributed by atoms with van der Waals surface area (Å²) in [5.74, 6) is 0.271. The normalized spacial score (nSPS) is 12.7. The number of aromatic nitrogens is 1. The highest BCUT2D eigenvalue weighted by Crippen LogP contribution is 2.23. The molecule has 3 heteroatoms. The van der Waals surface area contributed by atoms with E-state index in [1.165, 1.54) is 6.07 Å². The molecule has 0 aliphatic rings. The molecule has 0 aromatic carbocycles. The Bertz CT molecular complexity index is 382. The van der Waals surface area contributed by atoms with Gasteiger partial charge in [0.25, 0.3) is 5.56 Å². The molecule has 0 aliphatic heterocycles. The average molecular weight is 209 g/mol. The quantitative estimate of drug-likeness (QED) is 0.775. The fraction of sp³-hybridized carbons (Fsp3) is 0.583. The van der Waals surface area contributed by atoms with Crippen molar-refractivity contribution in [2.75, 3.05) is 0 Å². The molecule has 1 N–H and O–H groups in total. The zero-order chi connectivity index (χ0) is 11.4. The van der Waals surface area contributed by atoms with Crippen molar-refractivity contribution in [3.05, 3.63) is 33.7 Å². The Morgan fingerprint density at radius 3 is 2.60 bits per heavy atom. The van der Waals surface area contributed by atoms with E-state index in [4.69, 9.17) is 0 Å². The van der Waals surface area contributed by atoms with Gasteiger partial charge in [-0.05, 0) is 31.4 Å². The smallest absolute Gasteiger partial charge is 0.283 e. The average Bonchev–Trinajstić information content (AvgIpc) is 2.20. The van der Waals surface area contributed by atoms with Gasteiger partial charge in [-0.15, -0.1) is 0 Å². The van der Waals surface area contributed by atoms with Gasteiger partial charge < -0.3 is 5.21 Å². The number of hydrogen-bond acceptors (Lipinski definition) is 2. The van der Waals surface area contributed by atoms with Crippen LogP contribution in [-0.4, -0.2) is 9.94 Å². The van der Waals surface area contributed by atoms with E-state index in [1.807, 2.05) is 13.0 Å². The second kappa shape index (κ2) is 5.01. The van der Waals surface area contributed by atoms with Gasteiger partial charge in [-0.1, -0.05) is 20.3 Å². The topological polar surface area (TPSA) is 42.2 Å². The van der Waals surface area contributed by atoms with Gasteiger partial charge in [0, 0.05) is 12.0 Å². The molecule has 0 bridgehead atoms. The summed E-state index contributed by atoms with van der Waals surface area (Å²) in [7, 11) is 0. The largest absolute Gasteiger partial charge is 0.425 e. The van der Waals surface area contributed by atoms with Crippen LogP contribution in [-0.2, 0) is 0 Å². The van der Waals surface area contributed by atoms with Gasteiger partial charge >= 0.3 is 0 Å². The van der Waals surface area contributed by atoms with Crippen LogP contribution in [0.25, 0.3) is 0 Å². The van der Waals surface area contributed by atoms with E-state index >= 15 is 0 Å². The van der Waals surface area contributed by atoms with E-state index in [-0.39, 0.29) is 11.5 Å². The predicted octanol–water partition coefficient (Wildman–Crippen LogP) is 2.69. The number of pyridine rings is 1. The lowest BCUT2D eigenvalue weighted by Crippen LogP contribution is -2.22. The minimum atomic E-state index is -0.334. The van der Waals surface area contributed by atoms with Crippen molar-refractivity contribution in [1.29, 1.82) is 0 Å². The van der Waals surface area contributed by atoms with Crippen LogP contribution in [0.15, 0.2) is 16.9 Å². The molecule has 1 aromatic heterocycles. The Morgan fingerprint density at radius 2 is 2.07 bits per heavy atom. The SMILES string of the molecule is CCC[C@H](CC)c1cc(C)cc(=O)n1O. The molecule has 0 amide bonds. The molecule has 0 saturated carbocycles. The molecule has 1 rings (SSSR count). The monoisotopic (exact) mass is 209 g/mol. The molecule has 1 atom stereocenters. The van der Waals surface area contributed by atoms with E-state index in [0.29, 0.717) is 0 Å². The van der Waals surface area contributed by atoms with Crippen molar-refractivity contribution in [2.45, 2.75) is 46.0 Å². The molecule has 15 heavy (non-hydrogen) atoms. The molecule has 1 aromatic rings. The maximum atomic E-state index is 11.4. The van der Waals surface area contributed by atoms with E-state index in [1.54, 1.807) is 0 Å². The van der Waals surface area contributed by atoms with Crippen molar-refractivity contribution in [3.63, 3.8) is 0 Å². The molecule has 0 radical (unpaired) electrons. The minimum absolute atomic E-state index is 0.271. The van der Waals surface area contributed by atoms with Crippen molar-refractivity contribution >= 4 is 0 Å². The molecule has 1 heterocycles. The van der Waals surface area contributed by atoms with E-state index in [2.05, 4.69) is 13.8 Å². The van der Waals surface area contributed by atoms with Crippen LogP contribution in [0.1, 0.15) is 50.3 Å². The molecule has 0 saturated heterocycles. The number of aryl methyl sites for hydroxylation is 1. The lowest BCUT2D eigenvalue weighted by molar-refractivity contribution is 0.159. The fourth-order valence-corrected chi connectivity index (χ4v) is 1.92. The van der Waals surface area contributed by atoms with Crippen LogP contribution >= 0.6 is 0 Å². The summed E-state index contributed by atoms with van der Waals surface area (Å²) in [6.07, 6.45) is 3.00. The van der Waals surface area contributed by atoms with Gasteiger partial charge in [-0.3, -0.25) is 4.79 Å². The third kappa shape index (κ3) is 2.61. The zero-order valence-electron chi connectivity index (χ0n) is 9.66. The van der Waals surface area contributed by atoms with Crippen LogP contribution in [0.2, 0.25) is 0 Å². The minimum Gasteiger partial charge on any atom is -0.425 e. The molecule has 0 aliphatic carbocycles. The van der Waals surface area contributed by atoms with E-state index in [9.17, 15) is 10.0 Å². The van der Waals surface area contributed by atoms with Crippen LogP contribution in [0.4, 0.5) is 0 Å². The summed E-state index contributed by atoms with van der Waals surface area (Å²) in [6.45, 7) is 6.06. The summed E-state index contributed by atoms with van der Waals surface area (Å²) in [5.41, 5.74) is 1.32. The number of rotatable bonds is 4. The number of nitrogens with zero attached hydrogens (tertiary/aromatic N) is 1. The Hall–Kier alpha value is -1.25. The maximum Gasteiger partial charge on any atom is 0.283 e. The van der Waals surface area contributed by atoms with Crippen molar-refractivity contribution in [2.24, 2.45) is 0 Å². The Balaban J connectivity index is 3.16. The third-order valence-corrected chi connectivity index (χ3v) is 2.73. The van der Waals surface area contributed by atoms with Gasteiger partial charge in [-0.25, -0.2) is 0 Å². The molecule has 0 spiro atoms. The van der Waals surface area contributed by atoms with Gasteiger partial charge in [0.05, 0.1) is 5.69 Å². The molecular weight excluding hydrogens is 190 g/mol. The van der Waals surface area contributed by atoms with Crippen LogP contribution < -0.4 is 5.56 Å². The first-order chi connectivity index (χ1) is 7.10. The molecule has 84 valence electrons. The summed E-state index contributed by atoms with van der Waals surface area (Å²) in [4.78, 5) is 11.4. The lowest BCUT2D eigenvalue weighted by atomic mass is 9.95. The van der Waals surface area contributed by atoms with E-state index < -0.39 is 0 Å². The summed E-state index contributed by atoms with van der Waals surface area (Å²) < 4.78 is 0.789. The zero-order valence-corrected chi connectivity index (χ0v) is 9.66. The van der Waals surface area contributed by atoms with Crippen LogP contribution in [0.3, 0.4) is 0 Å². The summed E-state index contributed by atoms with van der Waals surface area (Å²) in [5, 5.41) is 9.65. The molecular formula is C12H19NO2.